The Morgan fingerprint density at radius 2 is 1.67 bits per heavy atom. The molecular weight excluding hydrogens is 224 g/mol. The molecule has 0 N–H and O–H groups in total. The standard InChI is InChI=1S/C16H24O2/c1-6-18-16(17)9-7-8-15-13(4)11(2)10-12(3)14(15)5/h10H,6-9H2,1-5H3. The summed E-state index contributed by atoms with van der Waals surface area (Å²) in [6, 6.07) is 2.24. The van der Waals surface area contributed by atoms with E-state index in [0.717, 1.165) is 12.8 Å². The minimum absolute atomic E-state index is 0.0859. The summed E-state index contributed by atoms with van der Waals surface area (Å²) in [5.74, 6) is -0.0859. The lowest BCUT2D eigenvalue weighted by Gasteiger charge is -2.15. The second-order valence-electron chi connectivity index (χ2n) is 4.90. The normalized spacial score (nSPS) is 10.5. The first-order valence-corrected chi connectivity index (χ1v) is 6.69. The van der Waals surface area contributed by atoms with Gasteiger partial charge in [0.2, 0.25) is 0 Å². The van der Waals surface area contributed by atoms with Crippen molar-refractivity contribution >= 4 is 5.97 Å². The predicted molar refractivity (Wildman–Crippen MR) is 75.0 cm³/mol. The lowest BCUT2D eigenvalue weighted by Crippen LogP contribution is -2.05. The van der Waals surface area contributed by atoms with Crippen molar-refractivity contribution in [1.29, 1.82) is 0 Å². The zero-order valence-electron chi connectivity index (χ0n) is 12.2. The van der Waals surface area contributed by atoms with Crippen LogP contribution in [0, 0.1) is 27.7 Å². The number of rotatable bonds is 5. The molecule has 0 saturated carbocycles. The van der Waals surface area contributed by atoms with Crippen LogP contribution in [0.2, 0.25) is 0 Å². The van der Waals surface area contributed by atoms with Crippen molar-refractivity contribution in [2.24, 2.45) is 0 Å². The van der Waals surface area contributed by atoms with Gasteiger partial charge in [0, 0.05) is 6.42 Å². The fourth-order valence-electron chi connectivity index (χ4n) is 2.32. The van der Waals surface area contributed by atoms with Crippen molar-refractivity contribution in [3.63, 3.8) is 0 Å². The summed E-state index contributed by atoms with van der Waals surface area (Å²) in [6.45, 7) is 11.0. The first-order valence-electron chi connectivity index (χ1n) is 6.69. The third-order valence-electron chi connectivity index (χ3n) is 3.63. The summed E-state index contributed by atoms with van der Waals surface area (Å²) < 4.78 is 4.95. The fourth-order valence-corrected chi connectivity index (χ4v) is 2.32. The number of esters is 1. The van der Waals surface area contributed by atoms with Gasteiger partial charge < -0.3 is 4.74 Å². The van der Waals surface area contributed by atoms with Gasteiger partial charge in [0.15, 0.2) is 0 Å². The molecule has 0 saturated heterocycles. The third-order valence-corrected chi connectivity index (χ3v) is 3.63. The highest BCUT2D eigenvalue weighted by atomic mass is 16.5. The topological polar surface area (TPSA) is 26.3 Å². The Labute approximate surface area is 110 Å². The first kappa shape index (κ1) is 14.7. The molecule has 0 aliphatic rings. The van der Waals surface area contributed by atoms with Crippen LogP contribution in [0.1, 0.15) is 47.6 Å². The van der Waals surface area contributed by atoms with E-state index in [2.05, 4.69) is 33.8 Å². The zero-order valence-corrected chi connectivity index (χ0v) is 12.2. The molecule has 0 radical (unpaired) electrons. The fraction of sp³-hybridized carbons (Fsp3) is 0.562. The molecule has 0 heterocycles. The summed E-state index contributed by atoms with van der Waals surface area (Å²) in [7, 11) is 0. The molecule has 100 valence electrons. The van der Waals surface area contributed by atoms with E-state index in [-0.39, 0.29) is 5.97 Å². The van der Waals surface area contributed by atoms with E-state index in [1.54, 1.807) is 0 Å². The Kier molecular flexibility index (Phi) is 5.39. The molecule has 0 aromatic heterocycles. The van der Waals surface area contributed by atoms with Crippen molar-refractivity contribution in [2.45, 2.75) is 53.9 Å². The molecule has 0 fully saturated rings. The maximum absolute atomic E-state index is 11.3. The number of hydrogen-bond donors (Lipinski definition) is 0. The number of carbonyl (C=O) groups is 1. The number of ether oxygens (including phenoxy) is 1. The number of benzene rings is 1. The number of hydrogen-bond acceptors (Lipinski definition) is 2. The Morgan fingerprint density at radius 3 is 2.17 bits per heavy atom. The van der Waals surface area contributed by atoms with Crippen molar-refractivity contribution in [3.05, 3.63) is 33.9 Å². The number of carbonyl (C=O) groups excluding carboxylic acids is 1. The van der Waals surface area contributed by atoms with E-state index < -0.39 is 0 Å². The summed E-state index contributed by atoms with van der Waals surface area (Å²) >= 11 is 0. The van der Waals surface area contributed by atoms with Crippen LogP contribution >= 0.6 is 0 Å². The quantitative estimate of drug-likeness (QED) is 0.741. The van der Waals surface area contributed by atoms with E-state index in [9.17, 15) is 4.79 Å². The van der Waals surface area contributed by atoms with Crippen LogP contribution in [0.4, 0.5) is 0 Å². The first-order chi connectivity index (χ1) is 8.47. The smallest absolute Gasteiger partial charge is 0.305 e. The lowest BCUT2D eigenvalue weighted by atomic mass is 9.91. The maximum atomic E-state index is 11.3. The molecule has 0 aliphatic heterocycles. The average molecular weight is 248 g/mol. The molecule has 0 amide bonds. The van der Waals surface area contributed by atoms with Gasteiger partial charge in [-0.1, -0.05) is 6.07 Å². The zero-order chi connectivity index (χ0) is 13.7. The van der Waals surface area contributed by atoms with Crippen LogP contribution in [-0.4, -0.2) is 12.6 Å². The summed E-state index contributed by atoms with van der Waals surface area (Å²) in [5, 5.41) is 0. The van der Waals surface area contributed by atoms with Crippen LogP contribution in [0.5, 0.6) is 0 Å². The summed E-state index contributed by atoms with van der Waals surface area (Å²) in [6.07, 6.45) is 2.34. The van der Waals surface area contributed by atoms with Gasteiger partial charge in [-0.25, -0.2) is 0 Å². The SMILES string of the molecule is CCOC(=O)CCCc1c(C)c(C)cc(C)c1C. The second kappa shape index (κ2) is 6.58. The van der Waals surface area contributed by atoms with Gasteiger partial charge in [-0.05, 0) is 75.3 Å². The van der Waals surface area contributed by atoms with Crippen LogP contribution < -0.4 is 0 Å². The van der Waals surface area contributed by atoms with Gasteiger partial charge in [-0.15, -0.1) is 0 Å². The number of aryl methyl sites for hydroxylation is 2. The van der Waals surface area contributed by atoms with Gasteiger partial charge in [0.05, 0.1) is 6.61 Å². The summed E-state index contributed by atoms with van der Waals surface area (Å²) in [5.41, 5.74) is 6.80. The molecule has 2 heteroatoms. The van der Waals surface area contributed by atoms with E-state index >= 15 is 0 Å². The van der Waals surface area contributed by atoms with Gasteiger partial charge in [0.1, 0.15) is 0 Å². The molecule has 0 atom stereocenters. The van der Waals surface area contributed by atoms with E-state index in [1.807, 2.05) is 6.92 Å². The molecule has 1 aromatic carbocycles. The second-order valence-corrected chi connectivity index (χ2v) is 4.90. The lowest BCUT2D eigenvalue weighted by molar-refractivity contribution is -0.143. The molecule has 1 rings (SSSR count). The minimum Gasteiger partial charge on any atom is -0.466 e. The molecule has 1 aromatic rings. The van der Waals surface area contributed by atoms with Crippen molar-refractivity contribution in [3.8, 4) is 0 Å². The Bertz CT molecular complexity index is 407. The minimum atomic E-state index is -0.0859. The van der Waals surface area contributed by atoms with Crippen LogP contribution in [-0.2, 0) is 16.0 Å². The highest BCUT2D eigenvalue weighted by Gasteiger charge is 2.09. The predicted octanol–water partition coefficient (Wildman–Crippen LogP) is 3.81. The van der Waals surface area contributed by atoms with E-state index in [1.165, 1.54) is 27.8 Å². The molecule has 18 heavy (non-hydrogen) atoms. The Balaban J connectivity index is 2.70. The molecular formula is C16H24O2. The van der Waals surface area contributed by atoms with E-state index in [0.29, 0.717) is 13.0 Å². The van der Waals surface area contributed by atoms with Gasteiger partial charge in [-0.3, -0.25) is 4.79 Å². The van der Waals surface area contributed by atoms with Crippen molar-refractivity contribution in [2.75, 3.05) is 6.61 Å². The molecule has 0 unspecified atom stereocenters. The Hall–Kier alpha value is -1.31. The highest BCUT2D eigenvalue weighted by Crippen LogP contribution is 2.23. The molecule has 0 bridgehead atoms. The third kappa shape index (κ3) is 3.59. The molecule has 2 nitrogen and oxygen atoms in total. The largest absolute Gasteiger partial charge is 0.466 e. The van der Waals surface area contributed by atoms with Gasteiger partial charge in [0.25, 0.3) is 0 Å². The average Bonchev–Trinajstić information content (AvgIpc) is 2.31. The van der Waals surface area contributed by atoms with E-state index in [4.69, 9.17) is 4.74 Å². The van der Waals surface area contributed by atoms with Crippen molar-refractivity contribution in [1.82, 2.24) is 0 Å². The van der Waals surface area contributed by atoms with Gasteiger partial charge >= 0.3 is 5.97 Å². The maximum Gasteiger partial charge on any atom is 0.305 e. The van der Waals surface area contributed by atoms with Crippen LogP contribution in [0.25, 0.3) is 0 Å². The summed E-state index contributed by atoms with van der Waals surface area (Å²) in [4.78, 5) is 11.3. The molecule has 0 aliphatic carbocycles. The highest BCUT2D eigenvalue weighted by molar-refractivity contribution is 5.69. The van der Waals surface area contributed by atoms with Crippen LogP contribution in [0.15, 0.2) is 6.07 Å². The van der Waals surface area contributed by atoms with Crippen LogP contribution in [0.3, 0.4) is 0 Å². The Morgan fingerprint density at radius 1 is 1.11 bits per heavy atom. The van der Waals surface area contributed by atoms with Crippen molar-refractivity contribution < 1.29 is 9.53 Å². The molecule has 0 spiro atoms. The monoisotopic (exact) mass is 248 g/mol. The van der Waals surface area contributed by atoms with Gasteiger partial charge in [-0.2, -0.15) is 0 Å².